The SMILES string of the molecule is COn1c(N[C@H](c2ccc(Cl)cc2)C(C)C)nc2c(c1=O)CN(C(=O)COc1ccc(C#N)cc1)CC2. The van der Waals surface area contributed by atoms with Crippen molar-refractivity contribution in [2.75, 3.05) is 25.6 Å². The van der Waals surface area contributed by atoms with Crippen molar-refractivity contribution in [3.63, 3.8) is 0 Å². The standard InChI is InChI=1S/C27H28ClN5O4/c1-17(2)25(19-6-8-20(28)9-7-19)31-27-30-23-12-13-32(15-22(23)26(35)33(27)36-3)24(34)16-37-21-10-4-18(14-29)5-11-21/h4-11,17,25H,12-13,15-16H2,1-3H3,(H,30,31)/t25-/m0/s1. The summed E-state index contributed by atoms with van der Waals surface area (Å²) < 4.78 is 6.71. The predicted octanol–water partition coefficient (Wildman–Crippen LogP) is 3.60. The molecule has 1 aliphatic heterocycles. The fourth-order valence-electron chi connectivity index (χ4n) is 4.24. The van der Waals surface area contributed by atoms with Crippen molar-refractivity contribution in [2.24, 2.45) is 5.92 Å². The van der Waals surface area contributed by atoms with Gasteiger partial charge in [0.25, 0.3) is 11.5 Å². The number of halogens is 1. The number of ether oxygens (including phenoxy) is 1. The number of amides is 1. The second-order valence-electron chi connectivity index (χ2n) is 9.05. The number of nitrogens with one attached hydrogen (secondary N) is 1. The predicted molar refractivity (Wildman–Crippen MR) is 139 cm³/mol. The van der Waals surface area contributed by atoms with Crippen molar-refractivity contribution < 1.29 is 14.4 Å². The van der Waals surface area contributed by atoms with Gasteiger partial charge in [0.05, 0.1) is 35.5 Å². The zero-order chi connectivity index (χ0) is 26.5. The molecule has 3 aromatic rings. The van der Waals surface area contributed by atoms with Gasteiger partial charge in [-0.15, -0.1) is 4.73 Å². The normalized spacial score (nSPS) is 13.5. The van der Waals surface area contributed by atoms with Crippen LogP contribution in [-0.2, 0) is 17.8 Å². The number of aromatic nitrogens is 2. The number of fused-ring (bicyclic) bond motifs is 1. The zero-order valence-corrected chi connectivity index (χ0v) is 21.7. The summed E-state index contributed by atoms with van der Waals surface area (Å²) in [6.45, 7) is 4.50. The lowest BCUT2D eigenvalue weighted by Gasteiger charge is -2.30. The Morgan fingerprint density at radius 2 is 1.89 bits per heavy atom. The molecule has 1 aromatic heterocycles. The summed E-state index contributed by atoms with van der Waals surface area (Å²) in [7, 11) is 1.41. The Hall–Kier alpha value is -4.03. The minimum atomic E-state index is -0.362. The van der Waals surface area contributed by atoms with Crippen molar-refractivity contribution >= 4 is 23.5 Å². The molecule has 9 nitrogen and oxygen atoms in total. The number of hydrogen-bond donors (Lipinski definition) is 1. The molecule has 0 radical (unpaired) electrons. The van der Waals surface area contributed by atoms with Crippen LogP contribution in [0.5, 0.6) is 5.75 Å². The van der Waals surface area contributed by atoms with Gasteiger partial charge in [-0.3, -0.25) is 9.59 Å². The molecule has 4 rings (SSSR count). The Bertz CT molecular complexity index is 1360. The molecular weight excluding hydrogens is 494 g/mol. The Labute approximate surface area is 220 Å². The van der Waals surface area contributed by atoms with Crippen LogP contribution < -0.4 is 20.5 Å². The summed E-state index contributed by atoms with van der Waals surface area (Å²) in [6, 6.07) is 16.0. The number of hydrogen-bond acceptors (Lipinski definition) is 7. The first-order valence-electron chi connectivity index (χ1n) is 11.9. The van der Waals surface area contributed by atoms with Gasteiger partial charge in [0.15, 0.2) is 6.61 Å². The van der Waals surface area contributed by atoms with E-state index in [0.29, 0.717) is 46.5 Å². The number of rotatable bonds is 8. The number of carbonyl (C=O) groups is 1. The third-order valence-electron chi connectivity index (χ3n) is 6.25. The van der Waals surface area contributed by atoms with Gasteiger partial charge in [0, 0.05) is 18.0 Å². The van der Waals surface area contributed by atoms with E-state index in [4.69, 9.17) is 31.4 Å². The molecule has 2 heterocycles. The summed E-state index contributed by atoms with van der Waals surface area (Å²) in [6.07, 6.45) is 0.430. The van der Waals surface area contributed by atoms with Gasteiger partial charge in [0.2, 0.25) is 5.95 Å². The van der Waals surface area contributed by atoms with Gasteiger partial charge in [-0.2, -0.15) is 5.26 Å². The first kappa shape index (κ1) is 26.0. The minimum Gasteiger partial charge on any atom is -0.484 e. The Kier molecular flexibility index (Phi) is 7.99. The molecule has 0 bridgehead atoms. The highest BCUT2D eigenvalue weighted by molar-refractivity contribution is 6.30. The van der Waals surface area contributed by atoms with Gasteiger partial charge < -0.3 is 19.8 Å². The quantitative estimate of drug-likeness (QED) is 0.482. The Balaban J connectivity index is 1.51. The molecule has 2 aromatic carbocycles. The van der Waals surface area contributed by atoms with Gasteiger partial charge in [0.1, 0.15) is 12.9 Å². The molecule has 37 heavy (non-hydrogen) atoms. The largest absolute Gasteiger partial charge is 0.484 e. The third kappa shape index (κ3) is 5.87. The average Bonchev–Trinajstić information content (AvgIpc) is 2.91. The van der Waals surface area contributed by atoms with Crippen LogP contribution in [0.25, 0.3) is 0 Å². The zero-order valence-electron chi connectivity index (χ0n) is 20.9. The summed E-state index contributed by atoms with van der Waals surface area (Å²) in [5, 5.41) is 12.9. The number of benzene rings is 2. The molecule has 192 valence electrons. The maximum Gasteiger partial charge on any atom is 0.293 e. The average molecular weight is 522 g/mol. The van der Waals surface area contributed by atoms with Crippen molar-refractivity contribution in [2.45, 2.75) is 32.9 Å². The fraction of sp³-hybridized carbons (Fsp3) is 0.333. The van der Waals surface area contributed by atoms with E-state index in [1.54, 1.807) is 29.2 Å². The lowest BCUT2D eigenvalue weighted by Crippen LogP contribution is -2.44. The summed E-state index contributed by atoms with van der Waals surface area (Å²) in [5.41, 5.74) is 2.21. The molecule has 0 aliphatic carbocycles. The van der Waals surface area contributed by atoms with Crippen LogP contribution in [0.4, 0.5) is 5.95 Å². The molecule has 0 unspecified atom stereocenters. The van der Waals surface area contributed by atoms with E-state index in [1.165, 1.54) is 7.11 Å². The van der Waals surface area contributed by atoms with Crippen molar-refractivity contribution in [3.8, 4) is 11.8 Å². The first-order valence-corrected chi connectivity index (χ1v) is 12.3. The van der Waals surface area contributed by atoms with Crippen LogP contribution in [0, 0.1) is 17.2 Å². The number of anilines is 1. The molecule has 1 aliphatic rings. The number of nitrogens with zero attached hydrogens (tertiary/aromatic N) is 4. The van der Waals surface area contributed by atoms with Crippen LogP contribution in [-0.4, -0.2) is 40.8 Å². The van der Waals surface area contributed by atoms with Crippen molar-refractivity contribution in [1.29, 1.82) is 5.26 Å². The van der Waals surface area contributed by atoms with E-state index in [1.807, 2.05) is 30.3 Å². The van der Waals surface area contributed by atoms with Crippen LogP contribution in [0.2, 0.25) is 5.02 Å². The molecule has 0 fully saturated rings. The van der Waals surface area contributed by atoms with Crippen LogP contribution in [0.3, 0.4) is 0 Å². The number of nitriles is 1. The van der Waals surface area contributed by atoms with Crippen molar-refractivity contribution in [1.82, 2.24) is 14.6 Å². The topological polar surface area (TPSA) is 109 Å². The second kappa shape index (κ2) is 11.4. The summed E-state index contributed by atoms with van der Waals surface area (Å²) in [4.78, 5) is 37.9. The van der Waals surface area contributed by atoms with Crippen LogP contribution in [0.15, 0.2) is 53.3 Å². The Morgan fingerprint density at radius 1 is 1.19 bits per heavy atom. The van der Waals surface area contributed by atoms with E-state index >= 15 is 0 Å². The van der Waals surface area contributed by atoms with Crippen LogP contribution >= 0.6 is 11.6 Å². The molecule has 1 N–H and O–H groups in total. The van der Waals surface area contributed by atoms with E-state index in [0.717, 1.165) is 10.3 Å². The van der Waals surface area contributed by atoms with Gasteiger partial charge in [-0.1, -0.05) is 37.6 Å². The highest BCUT2D eigenvalue weighted by atomic mass is 35.5. The van der Waals surface area contributed by atoms with E-state index in [9.17, 15) is 9.59 Å². The Morgan fingerprint density at radius 3 is 2.51 bits per heavy atom. The molecule has 0 spiro atoms. The summed E-state index contributed by atoms with van der Waals surface area (Å²) in [5.74, 6) is 0.736. The minimum absolute atomic E-state index is 0.116. The highest BCUT2D eigenvalue weighted by Crippen LogP contribution is 2.27. The smallest absolute Gasteiger partial charge is 0.293 e. The summed E-state index contributed by atoms with van der Waals surface area (Å²) >= 11 is 6.06. The van der Waals surface area contributed by atoms with Gasteiger partial charge >= 0.3 is 0 Å². The highest BCUT2D eigenvalue weighted by Gasteiger charge is 2.28. The fourth-order valence-corrected chi connectivity index (χ4v) is 4.36. The van der Waals surface area contributed by atoms with E-state index in [2.05, 4.69) is 19.2 Å². The van der Waals surface area contributed by atoms with Gasteiger partial charge in [-0.25, -0.2) is 4.98 Å². The maximum absolute atomic E-state index is 13.4. The monoisotopic (exact) mass is 521 g/mol. The molecule has 10 heteroatoms. The molecule has 1 amide bonds. The molecule has 0 saturated carbocycles. The molecule has 1 atom stereocenters. The maximum atomic E-state index is 13.4. The van der Waals surface area contributed by atoms with Crippen LogP contribution in [0.1, 0.15) is 42.3 Å². The van der Waals surface area contributed by atoms with Crippen molar-refractivity contribution in [3.05, 3.63) is 86.3 Å². The van der Waals surface area contributed by atoms with E-state index in [-0.39, 0.29) is 36.6 Å². The third-order valence-corrected chi connectivity index (χ3v) is 6.51. The molecule has 0 saturated heterocycles. The first-order chi connectivity index (χ1) is 17.8. The lowest BCUT2D eigenvalue weighted by atomic mass is 9.96. The van der Waals surface area contributed by atoms with Gasteiger partial charge in [-0.05, 0) is 47.9 Å². The molecular formula is C27H28ClN5O4. The number of carbonyl (C=O) groups excluding carboxylic acids is 1. The second-order valence-corrected chi connectivity index (χ2v) is 9.49. The van der Waals surface area contributed by atoms with E-state index < -0.39 is 0 Å². The lowest BCUT2D eigenvalue weighted by molar-refractivity contribution is -0.134.